The lowest BCUT2D eigenvalue weighted by Gasteiger charge is -2.17. The van der Waals surface area contributed by atoms with Crippen molar-refractivity contribution in [2.45, 2.75) is 53.9 Å². The number of nitrogens with one attached hydrogen (secondary N) is 1. The van der Waals surface area contributed by atoms with Crippen molar-refractivity contribution in [2.75, 3.05) is 13.1 Å². The zero-order valence-corrected chi connectivity index (χ0v) is 12.4. The molecule has 13 heavy (non-hydrogen) atoms. The van der Waals surface area contributed by atoms with E-state index in [1.165, 1.54) is 32.4 Å². The summed E-state index contributed by atoms with van der Waals surface area (Å²) in [7, 11) is 0. The van der Waals surface area contributed by atoms with Gasteiger partial charge in [0, 0.05) is 0 Å². The summed E-state index contributed by atoms with van der Waals surface area (Å²) in [4.78, 5) is 0. The molecule has 1 aliphatic rings. The number of hydrogen-bond acceptors (Lipinski definition) is 1. The van der Waals surface area contributed by atoms with Gasteiger partial charge in [0.25, 0.3) is 0 Å². The summed E-state index contributed by atoms with van der Waals surface area (Å²) in [5.41, 5.74) is 0. The van der Waals surface area contributed by atoms with Gasteiger partial charge in [-0.25, -0.2) is 0 Å². The highest BCUT2D eigenvalue weighted by atomic mass is 127. The Bertz CT molecular complexity index is 61.1. The van der Waals surface area contributed by atoms with Crippen LogP contribution in [0, 0.1) is 5.92 Å². The van der Waals surface area contributed by atoms with Gasteiger partial charge in [0.2, 0.25) is 0 Å². The van der Waals surface area contributed by atoms with Crippen LogP contribution in [0.5, 0.6) is 0 Å². The Hall–Kier alpha value is 0.690. The zero-order chi connectivity index (χ0) is 9.82. The van der Waals surface area contributed by atoms with E-state index >= 15 is 0 Å². The van der Waals surface area contributed by atoms with Crippen LogP contribution in [0.25, 0.3) is 0 Å². The maximum atomic E-state index is 3.32. The Balaban J connectivity index is -0.000000146. The number of halogens is 1. The molecule has 2 heteroatoms. The van der Waals surface area contributed by atoms with Crippen LogP contribution in [-0.4, -0.2) is 13.1 Å². The second-order valence-corrected chi connectivity index (χ2v) is 3.14. The number of rotatable bonds is 0. The molecule has 0 aromatic rings. The Morgan fingerprint density at radius 2 is 1.38 bits per heavy atom. The highest BCUT2D eigenvalue weighted by molar-refractivity contribution is 14.0. The summed E-state index contributed by atoms with van der Waals surface area (Å²) in [5, 5.41) is 3.32. The molecule has 1 saturated heterocycles. The SMILES string of the molecule is CC.CC1CCNCC1.CCC.I. The fourth-order valence-corrected chi connectivity index (χ4v) is 0.966. The summed E-state index contributed by atoms with van der Waals surface area (Å²) < 4.78 is 0. The Morgan fingerprint density at radius 1 is 1.08 bits per heavy atom. The highest BCUT2D eigenvalue weighted by Crippen LogP contribution is 2.08. The maximum Gasteiger partial charge on any atom is -0.00464 e. The van der Waals surface area contributed by atoms with E-state index in [1.54, 1.807) is 0 Å². The van der Waals surface area contributed by atoms with E-state index in [0.29, 0.717) is 0 Å². The topological polar surface area (TPSA) is 12.0 Å². The first-order valence-electron chi connectivity index (χ1n) is 5.52. The van der Waals surface area contributed by atoms with Crippen molar-refractivity contribution in [2.24, 2.45) is 5.92 Å². The van der Waals surface area contributed by atoms with Gasteiger partial charge < -0.3 is 5.32 Å². The minimum absolute atomic E-state index is 0. The second kappa shape index (κ2) is 18.5. The van der Waals surface area contributed by atoms with Crippen LogP contribution in [-0.2, 0) is 0 Å². The van der Waals surface area contributed by atoms with Crippen molar-refractivity contribution in [3.63, 3.8) is 0 Å². The first kappa shape index (κ1) is 19.3. The molecule has 0 unspecified atom stereocenters. The van der Waals surface area contributed by atoms with Gasteiger partial charge in [-0.15, -0.1) is 24.0 Å². The standard InChI is InChI=1S/C6H13N.C3H8.C2H6.HI/c1-6-2-4-7-5-3-6;1-3-2;1-2;/h6-7H,2-5H2,1H3;3H2,1-2H3;1-2H3;1H. The van der Waals surface area contributed by atoms with E-state index in [9.17, 15) is 0 Å². The average molecular weight is 301 g/mol. The van der Waals surface area contributed by atoms with Crippen molar-refractivity contribution in [3.05, 3.63) is 0 Å². The molecule has 84 valence electrons. The molecule has 1 aliphatic heterocycles. The highest BCUT2D eigenvalue weighted by Gasteiger charge is 2.04. The van der Waals surface area contributed by atoms with Crippen LogP contribution in [0.1, 0.15) is 53.9 Å². The lowest BCUT2D eigenvalue weighted by atomic mass is 10.0. The van der Waals surface area contributed by atoms with Gasteiger partial charge in [-0.2, -0.15) is 0 Å². The molecule has 1 fully saturated rings. The van der Waals surface area contributed by atoms with Gasteiger partial charge in [0.15, 0.2) is 0 Å². The third kappa shape index (κ3) is 19.2. The van der Waals surface area contributed by atoms with E-state index in [-0.39, 0.29) is 24.0 Å². The molecule has 0 bridgehead atoms. The molecule has 0 atom stereocenters. The van der Waals surface area contributed by atoms with Crippen molar-refractivity contribution < 1.29 is 0 Å². The van der Waals surface area contributed by atoms with Crippen molar-refractivity contribution >= 4 is 24.0 Å². The van der Waals surface area contributed by atoms with Crippen LogP contribution in [0.2, 0.25) is 0 Å². The largest absolute Gasteiger partial charge is 0.317 e. The average Bonchev–Trinajstić information content (AvgIpc) is 2.11. The van der Waals surface area contributed by atoms with Gasteiger partial charge in [-0.05, 0) is 31.8 Å². The van der Waals surface area contributed by atoms with E-state index in [1.807, 2.05) is 13.8 Å². The molecule has 0 aromatic carbocycles. The minimum atomic E-state index is 0. The van der Waals surface area contributed by atoms with Gasteiger partial charge in [0.05, 0.1) is 0 Å². The molecular formula is C11H28IN. The second-order valence-electron chi connectivity index (χ2n) is 3.14. The third-order valence-electron chi connectivity index (χ3n) is 1.63. The Labute approximate surface area is 102 Å². The summed E-state index contributed by atoms with van der Waals surface area (Å²) >= 11 is 0. The molecule has 1 nitrogen and oxygen atoms in total. The Kier molecular flexibility index (Phi) is 27.4. The van der Waals surface area contributed by atoms with E-state index < -0.39 is 0 Å². The normalized spacial score (nSPS) is 15.5. The first-order valence-corrected chi connectivity index (χ1v) is 5.52. The lowest BCUT2D eigenvalue weighted by molar-refractivity contribution is 0.402. The summed E-state index contributed by atoms with van der Waals surface area (Å²) in [6, 6.07) is 0. The molecule has 1 N–H and O–H groups in total. The van der Waals surface area contributed by atoms with Crippen LogP contribution in [0.4, 0.5) is 0 Å². The van der Waals surface area contributed by atoms with Gasteiger partial charge in [-0.1, -0.05) is 41.0 Å². The Morgan fingerprint density at radius 3 is 1.54 bits per heavy atom. The predicted molar refractivity (Wildman–Crippen MR) is 74.0 cm³/mol. The molecule has 0 aromatic heterocycles. The third-order valence-corrected chi connectivity index (χ3v) is 1.63. The maximum absolute atomic E-state index is 3.32. The molecule has 0 spiro atoms. The summed E-state index contributed by atoms with van der Waals surface area (Å²) in [5.74, 6) is 0.973. The smallest absolute Gasteiger partial charge is 0.00464 e. The van der Waals surface area contributed by atoms with Crippen molar-refractivity contribution in [3.8, 4) is 0 Å². The van der Waals surface area contributed by atoms with Crippen molar-refractivity contribution in [1.82, 2.24) is 5.32 Å². The molecule has 0 aliphatic carbocycles. The first-order chi connectivity index (χ1) is 5.81. The monoisotopic (exact) mass is 301 g/mol. The fraction of sp³-hybridized carbons (Fsp3) is 1.00. The van der Waals surface area contributed by atoms with Crippen LogP contribution < -0.4 is 5.32 Å². The molecule has 0 radical (unpaired) electrons. The summed E-state index contributed by atoms with van der Waals surface area (Å²) in [6.45, 7) is 13.0. The van der Waals surface area contributed by atoms with E-state index in [0.717, 1.165) is 5.92 Å². The molecule has 0 saturated carbocycles. The zero-order valence-electron chi connectivity index (χ0n) is 10.0. The lowest BCUT2D eigenvalue weighted by Crippen LogP contribution is -2.26. The molecule has 0 amide bonds. The predicted octanol–water partition coefficient (Wildman–Crippen LogP) is 4.07. The fourth-order valence-electron chi connectivity index (χ4n) is 0.966. The van der Waals surface area contributed by atoms with Gasteiger partial charge in [-0.3, -0.25) is 0 Å². The summed E-state index contributed by atoms with van der Waals surface area (Å²) in [6.07, 6.45) is 4.00. The van der Waals surface area contributed by atoms with Gasteiger partial charge >= 0.3 is 0 Å². The van der Waals surface area contributed by atoms with Crippen LogP contribution in [0.15, 0.2) is 0 Å². The number of hydrogen-bond donors (Lipinski definition) is 1. The van der Waals surface area contributed by atoms with Crippen molar-refractivity contribution in [1.29, 1.82) is 0 Å². The van der Waals surface area contributed by atoms with Gasteiger partial charge in [0.1, 0.15) is 0 Å². The number of piperidine rings is 1. The molecule has 1 heterocycles. The quantitative estimate of drug-likeness (QED) is 0.665. The molecular weight excluding hydrogens is 273 g/mol. The van der Waals surface area contributed by atoms with E-state index in [4.69, 9.17) is 0 Å². The minimum Gasteiger partial charge on any atom is -0.317 e. The van der Waals surface area contributed by atoms with E-state index in [2.05, 4.69) is 26.1 Å². The molecule has 1 rings (SSSR count). The van der Waals surface area contributed by atoms with Crippen LogP contribution in [0.3, 0.4) is 0 Å². The van der Waals surface area contributed by atoms with Crippen LogP contribution >= 0.6 is 24.0 Å².